The van der Waals surface area contributed by atoms with Gasteiger partial charge in [0.1, 0.15) is 5.75 Å². The van der Waals surface area contributed by atoms with Gasteiger partial charge in [0.2, 0.25) is 0 Å². The maximum absolute atomic E-state index is 9.22. The molecule has 0 atom stereocenters. The van der Waals surface area contributed by atoms with Crippen molar-refractivity contribution in [2.24, 2.45) is 0 Å². The van der Waals surface area contributed by atoms with Crippen molar-refractivity contribution in [2.75, 3.05) is 0 Å². The van der Waals surface area contributed by atoms with Crippen molar-refractivity contribution in [1.82, 2.24) is 0 Å². The van der Waals surface area contributed by atoms with Crippen LogP contribution in [-0.2, 0) is 0 Å². The predicted molar refractivity (Wildman–Crippen MR) is 48.2 cm³/mol. The van der Waals surface area contributed by atoms with Crippen LogP contribution in [0.15, 0.2) is 21.1 Å². The van der Waals surface area contributed by atoms with Crippen LogP contribution in [0.3, 0.4) is 0 Å². The number of hydrogen-bond donors (Lipinski definition) is 1. The Balaban J connectivity index is 0.00000121. The average molecular weight is 316 g/mol. The van der Waals surface area contributed by atoms with Crippen molar-refractivity contribution in [3.05, 3.63) is 26.6 Å². The van der Waals surface area contributed by atoms with Gasteiger partial charge >= 0.3 is 51.4 Å². The Labute approximate surface area is 130 Å². The van der Waals surface area contributed by atoms with Gasteiger partial charge in [0.25, 0.3) is 0 Å². The van der Waals surface area contributed by atoms with Gasteiger partial charge < -0.3 is 5.11 Å². The van der Waals surface area contributed by atoms with Gasteiger partial charge in [-0.3, -0.25) is 0 Å². The van der Waals surface area contributed by atoms with E-state index in [2.05, 4.69) is 31.9 Å². The molecule has 1 N–H and O–H groups in total. The van der Waals surface area contributed by atoms with Gasteiger partial charge in [-0.25, -0.2) is 0 Å². The summed E-state index contributed by atoms with van der Waals surface area (Å²) in [4.78, 5) is 0. The van der Waals surface area contributed by atoms with Crippen molar-refractivity contribution in [3.8, 4) is 11.8 Å². The Kier molecular flexibility index (Phi) is 6.29. The summed E-state index contributed by atoms with van der Waals surface area (Å²) in [7, 11) is 0. The Morgan fingerprint density at radius 3 is 2.00 bits per heavy atom. The molecule has 0 aromatic heterocycles. The van der Waals surface area contributed by atoms with Gasteiger partial charge in [0.15, 0.2) is 0 Å². The summed E-state index contributed by atoms with van der Waals surface area (Å²) in [6, 6.07) is 5.08. The molecule has 5 heteroatoms. The zero-order chi connectivity index (χ0) is 8.43. The van der Waals surface area contributed by atoms with Crippen LogP contribution in [0.2, 0.25) is 0 Å². The van der Waals surface area contributed by atoms with E-state index in [9.17, 15) is 5.11 Å². The van der Waals surface area contributed by atoms with E-state index >= 15 is 0 Å². The molecule has 0 bridgehead atoms. The number of rotatable bonds is 0. The van der Waals surface area contributed by atoms with E-state index in [1.807, 2.05) is 6.07 Å². The molecule has 12 heavy (non-hydrogen) atoms. The summed E-state index contributed by atoms with van der Waals surface area (Å²) in [6.45, 7) is 0. The van der Waals surface area contributed by atoms with Crippen molar-refractivity contribution in [3.63, 3.8) is 0 Å². The molecule has 1 aromatic rings. The number of nitrogens with zero attached hydrogens (tertiary/aromatic N) is 1. The second-order valence-electron chi connectivity index (χ2n) is 1.90. The Morgan fingerprint density at radius 2 is 1.67 bits per heavy atom. The summed E-state index contributed by atoms with van der Waals surface area (Å²) in [5.41, 5.74) is 0.501. The largest absolute Gasteiger partial charge is 1.00 e. The molecule has 0 heterocycles. The molecule has 0 aliphatic carbocycles. The standard InChI is InChI=1S/C7H3Br2NO.K/c8-5-1-4(3-10)2-6(9)7(5)11;/h1-2,11H;/q;+1. The fourth-order valence-corrected chi connectivity index (χ4v) is 1.82. The number of phenolic OH excluding ortho intramolecular Hbond substituents is 1. The summed E-state index contributed by atoms with van der Waals surface area (Å²) in [5, 5.41) is 17.7. The monoisotopic (exact) mass is 314 g/mol. The van der Waals surface area contributed by atoms with Crippen LogP contribution in [-0.4, -0.2) is 5.11 Å². The maximum Gasteiger partial charge on any atom is 1.00 e. The molecule has 0 saturated carbocycles. The average Bonchev–Trinajstić information content (AvgIpc) is 1.99. The molecule has 0 amide bonds. The van der Waals surface area contributed by atoms with E-state index in [-0.39, 0.29) is 57.1 Å². The molecule has 1 aromatic carbocycles. The van der Waals surface area contributed by atoms with Crippen LogP contribution in [0.4, 0.5) is 0 Å². The van der Waals surface area contributed by atoms with Gasteiger partial charge in [-0.2, -0.15) is 5.26 Å². The van der Waals surface area contributed by atoms with E-state index in [1.165, 1.54) is 0 Å². The fraction of sp³-hybridized carbons (Fsp3) is 0. The number of aromatic hydroxyl groups is 1. The second-order valence-corrected chi connectivity index (χ2v) is 3.61. The third kappa shape index (κ3) is 3.11. The van der Waals surface area contributed by atoms with Crippen LogP contribution in [0.5, 0.6) is 5.75 Å². The van der Waals surface area contributed by atoms with Crippen molar-refractivity contribution < 1.29 is 56.5 Å². The van der Waals surface area contributed by atoms with Gasteiger partial charge in [-0.05, 0) is 44.0 Å². The third-order valence-corrected chi connectivity index (χ3v) is 2.35. The van der Waals surface area contributed by atoms with E-state index in [4.69, 9.17) is 5.26 Å². The molecule has 56 valence electrons. The minimum atomic E-state index is 0. The topological polar surface area (TPSA) is 44.0 Å². The summed E-state index contributed by atoms with van der Waals surface area (Å²) in [6.07, 6.45) is 0. The first-order valence-corrected chi connectivity index (χ1v) is 4.32. The van der Waals surface area contributed by atoms with Gasteiger partial charge in [-0.1, -0.05) is 0 Å². The summed E-state index contributed by atoms with van der Waals surface area (Å²) < 4.78 is 1.03. The minimum Gasteiger partial charge on any atom is -0.506 e. The normalized spacial score (nSPS) is 8.42. The Hall–Kier alpha value is 1.11. The number of hydrogen-bond acceptors (Lipinski definition) is 2. The quantitative estimate of drug-likeness (QED) is 0.674. The first-order chi connectivity index (χ1) is 5.15. The third-order valence-electron chi connectivity index (χ3n) is 1.15. The Bertz CT molecular complexity index is 312. The van der Waals surface area contributed by atoms with Crippen molar-refractivity contribution in [2.45, 2.75) is 0 Å². The van der Waals surface area contributed by atoms with E-state index in [0.717, 1.165) is 0 Å². The first kappa shape index (κ1) is 13.1. The molecular weight excluding hydrogens is 313 g/mol. The molecule has 1 rings (SSSR count). The van der Waals surface area contributed by atoms with E-state index in [0.29, 0.717) is 14.5 Å². The number of benzene rings is 1. The molecule has 0 fully saturated rings. The molecule has 0 saturated heterocycles. The molecule has 2 nitrogen and oxygen atoms in total. The molecule has 0 spiro atoms. The van der Waals surface area contributed by atoms with E-state index in [1.54, 1.807) is 12.1 Å². The van der Waals surface area contributed by atoms with E-state index < -0.39 is 0 Å². The molecular formula is C7H3Br2KNO+. The predicted octanol–water partition coefficient (Wildman–Crippen LogP) is -0.207. The molecule has 0 aliphatic rings. The molecule has 0 unspecified atom stereocenters. The van der Waals surface area contributed by atoms with Crippen molar-refractivity contribution >= 4 is 31.9 Å². The maximum atomic E-state index is 9.22. The Morgan fingerprint density at radius 1 is 1.25 bits per heavy atom. The van der Waals surface area contributed by atoms with Crippen LogP contribution >= 0.6 is 31.9 Å². The van der Waals surface area contributed by atoms with Gasteiger partial charge in [0, 0.05) is 0 Å². The van der Waals surface area contributed by atoms with Gasteiger partial charge in [0.05, 0.1) is 20.6 Å². The van der Waals surface area contributed by atoms with Crippen LogP contribution in [0, 0.1) is 11.3 Å². The zero-order valence-corrected chi connectivity index (χ0v) is 12.6. The van der Waals surface area contributed by atoms with Crippen molar-refractivity contribution in [1.29, 1.82) is 5.26 Å². The molecule has 0 radical (unpaired) electrons. The van der Waals surface area contributed by atoms with Crippen LogP contribution < -0.4 is 51.4 Å². The first-order valence-electron chi connectivity index (χ1n) is 2.73. The smallest absolute Gasteiger partial charge is 0.506 e. The summed E-state index contributed by atoms with van der Waals surface area (Å²) >= 11 is 6.21. The number of phenols is 1. The zero-order valence-electron chi connectivity index (χ0n) is 6.31. The fourth-order valence-electron chi connectivity index (χ4n) is 0.630. The second kappa shape index (κ2) is 5.76. The number of nitriles is 1. The SMILES string of the molecule is N#Cc1cc(Br)c(O)c(Br)c1.[K+]. The van der Waals surface area contributed by atoms with Crippen LogP contribution in [0.1, 0.15) is 5.56 Å². The number of halogens is 2. The minimum absolute atomic E-state index is 0. The van der Waals surface area contributed by atoms with Crippen LogP contribution in [0.25, 0.3) is 0 Å². The summed E-state index contributed by atoms with van der Waals surface area (Å²) in [5.74, 6) is 0.115. The van der Waals surface area contributed by atoms with Gasteiger partial charge in [-0.15, -0.1) is 0 Å². The molecule has 0 aliphatic heterocycles.